The monoisotopic (exact) mass is 443 g/mol. The SMILES string of the molecule is CCCCC1(CC)C2C(C3CCC(CC)(NCC)C31)C1CCC(CC)(CC)C1(C)C2CC. The minimum atomic E-state index is 0.410. The van der Waals surface area contributed by atoms with E-state index >= 15 is 0 Å². The minimum Gasteiger partial charge on any atom is -0.311 e. The summed E-state index contributed by atoms with van der Waals surface area (Å²) in [4.78, 5) is 0. The van der Waals surface area contributed by atoms with Gasteiger partial charge in [0.1, 0.15) is 0 Å². The maximum atomic E-state index is 4.17. The van der Waals surface area contributed by atoms with E-state index < -0.39 is 0 Å². The molecule has 0 aromatic rings. The average Bonchev–Trinajstić information content (AvgIpc) is 3.47. The molecule has 4 saturated carbocycles. The van der Waals surface area contributed by atoms with Gasteiger partial charge in [-0.2, -0.15) is 0 Å². The van der Waals surface area contributed by atoms with Crippen LogP contribution >= 0.6 is 0 Å². The van der Waals surface area contributed by atoms with Crippen molar-refractivity contribution in [1.29, 1.82) is 0 Å². The second kappa shape index (κ2) is 8.87. The molecule has 9 unspecified atom stereocenters. The zero-order chi connectivity index (χ0) is 23.4. The van der Waals surface area contributed by atoms with Gasteiger partial charge in [-0.1, -0.05) is 74.7 Å². The van der Waals surface area contributed by atoms with Crippen molar-refractivity contribution in [2.24, 2.45) is 51.8 Å². The molecule has 1 N–H and O–H groups in total. The lowest BCUT2D eigenvalue weighted by Gasteiger charge is -2.54. The highest BCUT2D eigenvalue weighted by molar-refractivity contribution is 5.26. The van der Waals surface area contributed by atoms with Crippen LogP contribution in [0.25, 0.3) is 0 Å². The van der Waals surface area contributed by atoms with Crippen LogP contribution < -0.4 is 5.32 Å². The summed E-state index contributed by atoms with van der Waals surface area (Å²) in [5.74, 6) is 5.84. The van der Waals surface area contributed by atoms with E-state index in [1.54, 1.807) is 0 Å². The topological polar surface area (TPSA) is 12.0 Å². The van der Waals surface area contributed by atoms with Crippen molar-refractivity contribution >= 4 is 0 Å². The Hall–Kier alpha value is -0.0400. The Balaban J connectivity index is 1.88. The number of fused-ring (bicyclic) bond motifs is 5. The molecule has 32 heavy (non-hydrogen) atoms. The van der Waals surface area contributed by atoms with E-state index in [-0.39, 0.29) is 0 Å². The molecule has 4 rings (SSSR count). The second-order valence-electron chi connectivity index (χ2n) is 12.9. The van der Waals surface area contributed by atoms with Crippen molar-refractivity contribution < 1.29 is 0 Å². The summed E-state index contributed by atoms with van der Waals surface area (Å²) >= 11 is 0. The maximum absolute atomic E-state index is 4.17. The lowest BCUT2D eigenvalue weighted by atomic mass is 9.51. The third kappa shape index (κ3) is 2.85. The van der Waals surface area contributed by atoms with E-state index in [0.717, 1.165) is 42.1 Å². The minimum absolute atomic E-state index is 0.410. The summed E-state index contributed by atoms with van der Waals surface area (Å²) in [6, 6.07) is 0. The molecule has 0 aliphatic heterocycles. The van der Waals surface area contributed by atoms with Gasteiger partial charge in [0, 0.05) is 5.54 Å². The normalized spacial score (nSPS) is 48.8. The van der Waals surface area contributed by atoms with Gasteiger partial charge in [0.25, 0.3) is 0 Å². The van der Waals surface area contributed by atoms with Crippen LogP contribution in [0.2, 0.25) is 0 Å². The lowest BCUT2D eigenvalue weighted by Crippen LogP contribution is -2.55. The molecule has 4 aliphatic rings. The van der Waals surface area contributed by atoms with Gasteiger partial charge in [0.15, 0.2) is 0 Å². The van der Waals surface area contributed by atoms with E-state index in [4.69, 9.17) is 0 Å². The van der Waals surface area contributed by atoms with Crippen LogP contribution in [0, 0.1) is 51.8 Å². The van der Waals surface area contributed by atoms with Crippen molar-refractivity contribution in [2.45, 2.75) is 138 Å². The quantitative estimate of drug-likeness (QED) is 0.355. The van der Waals surface area contributed by atoms with Gasteiger partial charge in [-0.3, -0.25) is 0 Å². The number of rotatable bonds is 10. The Morgan fingerprint density at radius 2 is 1.56 bits per heavy atom. The first-order valence-corrected chi connectivity index (χ1v) is 15.1. The van der Waals surface area contributed by atoms with Gasteiger partial charge < -0.3 is 5.32 Å². The average molecular weight is 444 g/mol. The highest BCUT2D eigenvalue weighted by atomic mass is 15.0. The van der Waals surface area contributed by atoms with Crippen LogP contribution in [-0.2, 0) is 0 Å². The highest BCUT2D eigenvalue weighted by Gasteiger charge is 2.77. The molecule has 0 amide bonds. The molecule has 0 saturated heterocycles. The van der Waals surface area contributed by atoms with Crippen molar-refractivity contribution in [3.05, 3.63) is 0 Å². The Morgan fingerprint density at radius 1 is 0.844 bits per heavy atom. The van der Waals surface area contributed by atoms with Crippen LogP contribution in [0.15, 0.2) is 0 Å². The summed E-state index contributed by atoms with van der Waals surface area (Å²) in [7, 11) is 0. The fraction of sp³-hybridized carbons (Fsp3) is 1.00. The third-order valence-electron chi connectivity index (χ3n) is 13.3. The molecule has 186 valence electrons. The molecule has 0 radical (unpaired) electrons. The molecule has 0 aromatic carbocycles. The number of unbranched alkanes of at least 4 members (excludes halogenated alkanes) is 1. The molecule has 1 nitrogen and oxygen atoms in total. The molecule has 1 heteroatoms. The molecule has 0 aromatic heterocycles. The standard InChI is InChI=1S/C31H57N/c1-9-16-19-30(13-5)26-23(10-2)28(8)24(18-20-29(28,11-3)12-4)25(26)22-17-21-31(14-6,27(22)30)32-15-7/h22-27,32H,9-21H2,1-8H3. The molecule has 4 fully saturated rings. The predicted molar refractivity (Wildman–Crippen MR) is 140 cm³/mol. The van der Waals surface area contributed by atoms with E-state index in [0.29, 0.717) is 21.8 Å². The zero-order valence-corrected chi connectivity index (χ0v) is 23.2. The van der Waals surface area contributed by atoms with Gasteiger partial charge in [0.05, 0.1) is 0 Å². The largest absolute Gasteiger partial charge is 0.311 e. The zero-order valence-electron chi connectivity index (χ0n) is 23.2. The van der Waals surface area contributed by atoms with E-state index in [9.17, 15) is 0 Å². The Kier molecular flexibility index (Phi) is 6.95. The number of nitrogens with one attached hydrogen (secondary N) is 1. The number of hydrogen-bond acceptors (Lipinski definition) is 1. The van der Waals surface area contributed by atoms with Crippen LogP contribution in [0.4, 0.5) is 0 Å². The summed E-state index contributed by atoms with van der Waals surface area (Å²) < 4.78 is 0. The van der Waals surface area contributed by atoms with Crippen molar-refractivity contribution in [3.8, 4) is 0 Å². The fourth-order valence-corrected chi connectivity index (χ4v) is 12.2. The van der Waals surface area contributed by atoms with Gasteiger partial charge in [-0.05, 0) is 116 Å². The van der Waals surface area contributed by atoms with Gasteiger partial charge in [0.2, 0.25) is 0 Å². The van der Waals surface area contributed by atoms with E-state index in [1.807, 2.05) is 0 Å². The van der Waals surface area contributed by atoms with E-state index in [1.165, 1.54) is 77.0 Å². The van der Waals surface area contributed by atoms with Crippen molar-refractivity contribution in [2.75, 3.05) is 6.54 Å². The van der Waals surface area contributed by atoms with Gasteiger partial charge in [-0.15, -0.1) is 0 Å². The molecule has 0 heterocycles. The highest BCUT2D eigenvalue weighted by Crippen LogP contribution is 2.82. The summed E-state index contributed by atoms with van der Waals surface area (Å²) in [6.45, 7) is 21.5. The second-order valence-corrected chi connectivity index (χ2v) is 12.9. The maximum Gasteiger partial charge on any atom is 0.0215 e. The summed E-state index contributed by atoms with van der Waals surface area (Å²) in [6.07, 6.45) is 17.3. The van der Waals surface area contributed by atoms with E-state index in [2.05, 4.69) is 60.7 Å². The Labute approximate surface area is 201 Å². The lowest BCUT2D eigenvalue weighted by molar-refractivity contribution is -0.0490. The third-order valence-corrected chi connectivity index (χ3v) is 13.3. The fourth-order valence-electron chi connectivity index (χ4n) is 12.2. The first-order chi connectivity index (χ1) is 15.4. The summed E-state index contributed by atoms with van der Waals surface area (Å²) in [5.41, 5.74) is 2.16. The van der Waals surface area contributed by atoms with Gasteiger partial charge in [-0.25, -0.2) is 0 Å². The van der Waals surface area contributed by atoms with Crippen molar-refractivity contribution in [3.63, 3.8) is 0 Å². The predicted octanol–water partition coefficient (Wildman–Crippen LogP) is 8.87. The summed E-state index contributed by atoms with van der Waals surface area (Å²) in [5, 5.41) is 4.17. The molecule has 9 atom stereocenters. The smallest absolute Gasteiger partial charge is 0.0215 e. The Bertz CT molecular complexity index is 651. The first-order valence-electron chi connectivity index (χ1n) is 15.1. The van der Waals surface area contributed by atoms with Crippen molar-refractivity contribution in [1.82, 2.24) is 5.32 Å². The molecule has 0 bridgehead atoms. The van der Waals surface area contributed by atoms with Crippen LogP contribution in [0.1, 0.15) is 132 Å². The molecule has 4 aliphatic carbocycles. The molecular weight excluding hydrogens is 386 g/mol. The molecular formula is C31H57N. The first kappa shape index (κ1) is 25.1. The van der Waals surface area contributed by atoms with Gasteiger partial charge >= 0.3 is 0 Å². The Morgan fingerprint density at radius 3 is 2.09 bits per heavy atom. The van der Waals surface area contributed by atoms with Crippen LogP contribution in [0.3, 0.4) is 0 Å². The van der Waals surface area contributed by atoms with Crippen LogP contribution in [-0.4, -0.2) is 12.1 Å². The molecule has 0 spiro atoms. The number of hydrogen-bond donors (Lipinski definition) is 1. The van der Waals surface area contributed by atoms with Crippen LogP contribution in [0.5, 0.6) is 0 Å².